The van der Waals surface area contributed by atoms with E-state index >= 15 is 0 Å². The van der Waals surface area contributed by atoms with Gasteiger partial charge in [0, 0.05) is 11.1 Å². The van der Waals surface area contributed by atoms with E-state index in [2.05, 4.69) is 0 Å². The molecule has 2 rings (SSSR count). The number of benzene rings is 2. The molecule has 0 aliphatic rings. The molecule has 0 aliphatic heterocycles. The van der Waals surface area contributed by atoms with Crippen LogP contribution in [0, 0.1) is 0 Å². The van der Waals surface area contributed by atoms with Gasteiger partial charge in [-0.05, 0) is 50.2 Å². The van der Waals surface area contributed by atoms with E-state index in [1.807, 2.05) is 0 Å². The Morgan fingerprint density at radius 3 is 1.50 bits per heavy atom. The monoisotopic (exact) mass is 330 g/mol. The molecular formula is C18H18O6. The second-order valence-corrected chi connectivity index (χ2v) is 4.90. The molecule has 0 saturated carbocycles. The Morgan fingerprint density at radius 1 is 0.792 bits per heavy atom. The van der Waals surface area contributed by atoms with Crippen molar-refractivity contribution >= 4 is 11.9 Å². The number of esters is 2. The van der Waals surface area contributed by atoms with E-state index in [1.54, 1.807) is 13.8 Å². The number of phenolic OH excluding ortho intramolecular Hbond substituents is 2. The van der Waals surface area contributed by atoms with Gasteiger partial charge in [0.15, 0.2) is 0 Å². The third-order valence-electron chi connectivity index (χ3n) is 3.31. The number of carbonyl (C=O) groups excluding carboxylic acids is 2. The van der Waals surface area contributed by atoms with E-state index in [1.165, 1.54) is 36.4 Å². The molecule has 0 bridgehead atoms. The van der Waals surface area contributed by atoms with Gasteiger partial charge in [0.25, 0.3) is 0 Å². The molecule has 0 aromatic heterocycles. The zero-order chi connectivity index (χ0) is 17.7. The molecular weight excluding hydrogens is 312 g/mol. The van der Waals surface area contributed by atoms with Gasteiger partial charge < -0.3 is 19.7 Å². The quantitative estimate of drug-likeness (QED) is 0.818. The molecule has 6 nitrogen and oxygen atoms in total. The molecule has 126 valence electrons. The maximum atomic E-state index is 11.8. The topological polar surface area (TPSA) is 93.1 Å². The van der Waals surface area contributed by atoms with Crippen LogP contribution in [-0.2, 0) is 9.47 Å². The van der Waals surface area contributed by atoms with Crippen molar-refractivity contribution in [3.63, 3.8) is 0 Å². The molecule has 2 N–H and O–H groups in total. The first kappa shape index (κ1) is 17.3. The minimum Gasteiger partial charge on any atom is -0.507 e. The summed E-state index contributed by atoms with van der Waals surface area (Å²) in [5, 5.41) is 20.2. The second-order valence-electron chi connectivity index (χ2n) is 4.90. The van der Waals surface area contributed by atoms with Crippen LogP contribution in [0.5, 0.6) is 11.5 Å². The number of hydrogen-bond donors (Lipinski definition) is 2. The zero-order valence-electron chi connectivity index (χ0n) is 13.4. The summed E-state index contributed by atoms with van der Waals surface area (Å²) >= 11 is 0. The Morgan fingerprint density at radius 2 is 1.17 bits per heavy atom. The summed E-state index contributed by atoms with van der Waals surface area (Å²) in [6.45, 7) is 3.82. The highest BCUT2D eigenvalue weighted by Crippen LogP contribution is 2.36. The van der Waals surface area contributed by atoms with Crippen molar-refractivity contribution < 1.29 is 29.3 Å². The minimum absolute atomic E-state index is 0.139. The summed E-state index contributed by atoms with van der Waals surface area (Å²) in [6, 6.07) is 8.30. The number of ether oxygens (including phenoxy) is 2. The number of carbonyl (C=O) groups is 2. The molecule has 0 unspecified atom stereocenters. The predicted molar refractivity (Wildman–Crippen MR) is 87.1 cm³/mol. The van der Waals surface area contributed by atoms with Gasteiger partial charge in [-0.3, -0.25) is 0 Å². The van der Waals surface area contributed by atoms with E-state index in [0.29, 0.717) is 0 Å². The minimum atomic E-state index is -0.542. The summed E-state index contributed by atoms with van der Waals surface area (Å²) < 4.78 is 9.85. The summed E-state index contributed by atoms with van der Waals surface area (Å²) in [6.07, 6.45) is 0. The lowest BCUT2D eigenvalue weighted by Crippen LogP contribution is -2.05. The van der Waals surface area contributed by atoms with Gasteiger partial charge in [0.05, 0.1) is 24.3 Å². The van der Waals surface area contributed by atoms with E-state index < -0.39 is 11.9 Å². The van der Waals surface area contributed by atoms with Gasteiger partial charge in [0.1, 0.15) is 11.5 Å². The van der Waals surface area contributed by atoms with E-state index in [-0.39, 0.29) is 47.0 Å². The Labute approximate surface area is 139 Å². The highest BCUT2D eigenvalue weighted by Gasteiger charge is 2.16. The van der Waals surface area contributed by atoms with Crippen LogP contribution in [0.3, 0.4) is 0 Å². The van der Waals surface area contributed by atoms with Crippen LogP contribution in [-0.4, -0.2) is 35.4 Å². The number of aromatic hydroxyl groups is 2. The Bertz CT molecular complexity index is 701. The molecule has 0 aliphatic carbocycles. The van der Waals surface area contributed by atoms with E-state index in [9.17, 15) is 19.8 Å². The molecule has 0 atom stereocenters. The standard InChI is InChI=1S/C18H18O6/c1-3-23-17(21)11-5-7-15(19)13(9-11)14-10-12(6-8-16(14)20)18(22)24-4-2/h5-10,19-20H,3-4H2,1-2H3. The zero-order valence-corrected chi connectivity index (χ0v) is 13.4. The van der Waals surface area contributed by atoms with E-state index in [0.717, 1.165) is 0 Å². The van der Waals surface area contributed by atoms with Crippen molar-refractivity contribution in [2.45, 2.75) is 13.8 Å². The maximum absolute atomic E-state index is 11.8. The third-order valence-corrected chi connectivity index (χ3v) is 3.31. The fourth-order valence-electron chi connectivity index (χ4n) is 2.19. The molecule has 0 spiro atoms. The maximum Gasteiger partial charge on any atom is 0.338 e. The largest absolute Gasteiger partial charge is 0.507 e. The first-order valence-corrected chi connectivity index (χ1v) is 7.48. The molecule has 24 heavy (non-hydrogen) atoms. The second kappa shape index (κ2) is 7.50. The van der Waals surface area contributed by atoms with Gasteiger partial charge in [0.2, 0.25) is 0 Å². The Balaban J connectivity index is 2.50. The molecule has 0 amide bonds. The Hall–Kier alpha value is -3.02. The first-order chi connectivity index (χ1) is 11.5. The third kappa shape index (κ3) is 3.65. The van der Waals surface area contributed by atoms with Crippen LogP contribution in [0.4, 0.5) is 0 Å². The van der Waals surface area contributed by atoms with Gasteiger partial charge in [-0.25, -0.2) is 9.59 Å². The van der Waals surface area contributed by atoms with Crippen molar-refractivity contribution in [1.29, 1.82) is 0 Å². The van der Waals surface area contributed by atoms with Crippen molar-refractivity contribution in [2.75, 3.05) is 13.2 Å². The lowest BCUT2D eigenvalue weighted by Gasteiger charge is -2.11. The van der Waals surface area contributed by atoms with E-state index in [4.69, 9.17) is 9.47 Å². The lowest BCUT2D eigenvalue weighted by molar-refractivity contribution is 0.0516. The molecule has 0 heterocycles. The summed E-state index contributed by atoms with van der Waals surface area (Å²) in [5.74, 6) is -1.36. The van der Waals surface area contributed by atoms with Crippen LogP contribution in [0.15, 0.2) is 36.4 Å². The first-order valence-electron chi connectivity index (χ1n) is 7.48. The molecule has 2 aromatic rings. The van der Waals surface area contributed by atoms with Crippen LogP contribution in [0.1, 0.15) is 34.6 Å². The van der Waals surface area contributed by atoms with Gasteiger partial charge in [-0.1, -0.05) is 0 Å². The van der Waals surface area contributed by atoms with Gasteiger partial charge in [-0.15, -0.1) is 0 Å². The van der Waals surface area contributed by atoms with Crippen LogP contribution in [0.2, 0.25) is 0 Å². The van der Waals surface area contributed by atoms with Crippen LogP contribution < -0.4 is 0 Å². The number of rotatable bonds is 5. The lowest BCUT2D eigenvalue weighted by atomic mass is 9.99. The number of phenols is 2. The average Bonchev–Trinajstić information content (AvgIpc) is 2.56. The summed E-state index contributed by atoms with van der Waals surface area (Å²) in [4.78, 5) is 23.7. The summed E-state index contributed by atoms with van der Waals surface area (Å²) in [7, 11) is 0. The average molecular weight is 330 g/mol. The van der Waals surface area contributed by atoms with Crippen molar-refractivity contribution in [3.05, 3.63) is 47.5 Å². The van der Waals surface area contributed by atoms with Gasteiger partial charge >= 0.3 is 11.9 Å². The highest BCUT2D eigenvalue weighted by molar-refractivity contribution is 5.95. The fourth-order valence-corrected chi connectivity index (χ4v) is 2.19. The molecule has 6 heteroatoms. The number of hydrogen-bond acceptors (Lipinski definition) is 6. The SMILES string of the molecule is CCOC(=O)c1ccc(O)c(-c2cc(C(=O)OCC)ccc2O)c1. The fraction of sp³-hybridized carbons (Fsp3) is 0.222. The van der Waals surface area contributed by atoms with Crippen molar-refractivity contribution in [1.82, 2.24) is 0 Å². The Kier molecular flexibility index (Phi) is 5.42. The van der Waals surface area contributed by atoms with Crippen LogP contribution in [0.25, 0.3) is 11.1 Å². The van der Waals surface area contributed by atoms with Crippen LogP contribution >= 0.6 is 0 Å². The molecule has 2 aromatic carbocycles. The normalized spacial score (nSPS) is 10.2. The smallest absolute Gasteiger partial charge is 0.338 e. The van der Waals surface area contributed by atoms with Crippen molar-refractivity contribution in [2.24, 2.45) is 0 Å². The molecule has 0 fully saturated rings. The molecule has 0 radical (unpaired) electrons. The van der Waals surface area contributed by atoms with Gasteiger partial charge in [-0.2, -0.15) is 0 Å². The predicted octanol–water partition coefficient (Wildman–Crippen LogP) is 3.12. The molecule has 0 saturated heterocycles. The van der Waals surface area contributed by atoms with Crippen molar-refractivity contribution in [3.8, 4) is 22.6 Å². The summed E-state index contributed by atoms with van der Waals surface area (Å²) in [5.41, 5.74) is 0.879. The highest BCUT2D eigenvalue weighted by atomic mass is 16.5.